The van der Waals surface area contributed by atoms with E-state index in [1.165, 1.54) is 0 Å². The van der Waals surface area contributed by atoms with Crippen LogP contribution in [0.3, 0.4) is 0 Å². The summed E-state index contributed by atoms with van der Waals surface area (Å²) in [5.41, 5.74) is 1.42. The molecule has 122 valence electrons. The molecule has 0 saturated carbocycles. The first-order valence-electron chi connectivity index (χ1n) is 7.37. The number of fused-ring (bicyclic) bond motifs is 1. The standard InChI is InChI=1S/C17H12Cl2N2O3/c18-9-6-7-11(12(19)8-9)14-13-15(17(23)20-16(13)22)24-21(14)10-4-2-1-3-5-10/h1-8,13-15H,(H,20,22,23). The first-order chi connectivity index (χ1) is 11.6. The van der Waals surface area contributed by atoms with Crippen LogP contribution in [0.5, 0.6) is 0 Å². The maximum absolute atomic E-state index is 12.3. The third kappa shape index (κ3) is 2.36. The van der Waals surface area contributed by atoms with E-state index in [2.05, 4.69) is 5.32 Å². The summed E-state index contributed by atoms with van der Waals surface area (Å²) in [6.07, 6.45) is -0.866. The third-order valence-corrected chi connectivity index (χ3v) is 4.81. The molecule has 2 heterocycles. The van der Waals surface area contributed by atoms with E-state index in [0.29, 0.717) is 15.6 Å². The number of para-hydroxylation sites is 1. The van der Waals surface area contributed by atoms with Crippen molar-refractivity contribution in [3.8, 4) is 0 Å². The van der Waals surface area contributed by atoms with Gasteiger partial charge in [-0.15, -0.1) is 0 Å². The van der Waals surface area contributed by atoms with E-state index < -0.39 is 24.0 Å². The zero-order valence-electron chi connectivity index (χ0n) is 12.3. The Balaban J connectivity index is 1.84. The van der Waals surface area contributed by atoms with Crippen LogP contribution in [-0.2, 0) is 14.4 Å². The summed E-state index contributed by atoms with van der Waals surface area (Å²) in [6, 6.07) is 13.8. The van der Waals surface area contributed by atoms with E-state index in [1.54, 1.807) is 23.3 Å². The number of hydrogen-bond acceptors (Lipinski definition) is 4. The smallest absolute Gasteiger partial charge is 0.259 e. The van der Waals surface area contributed by atoms with E-state index in [0.717, 1.165) is 5.69 Å². The van der Waals surface area contributed by atoms with Crippen molar-refractivity contribution in [3.05, 3.63) is 64.1 Å². The Kier molecular flexibility index (Phi) is 3.72. The normalized spacial score (nSPS) is 25.8. The first-order valence-corrected chi connectivity index (χ1v) is 8.12. The molecule has 5 nitrogen and oxygen atoms in total. The average molecular weight is 363 g/mol. The minimum Gasteiger partial charge on any atom is -0.294 e. The van der Waals surface area contributed by atoms with Gasteiger partial charge in [0.1, 0.15) is 5.92 Å². The van der Waals surface area contributed by atoms with Gasteiger partial charge in [0.05, 0.1) is 11.7 Å². The molecule has 0 radical (unpaired) electrons. The van der Waals surface area contributed by atoms with Crippen molar-refractivity contribution in [1.29, 1.82) is 0 Å². The Morgan fingerprint density at radius 3 is 2.46 bits per heavy atom. The van der Waals surface area contributed by atoms with Gasteiger partial charge in [-0.3, -0.25) is 19.7 Å². The second-order valence-corrected chi connectivity index (χ2v) is 6.52. The van der Waals surface area contributed by atoms with Crippen molar-refractivity contribution in [3.63, 3.8) is 0 Å². The summed E-state index contributed by atoms with van der Waals surface area (Å²) in [5.74, 6) is -1.46. The van der Waals surface area contributed by atoms with Crippen molar-refractivity contribution in [1.82, 2.24) is 5.32 Å². The summed E-state index contributed by atoms with van der Waals surface area (Å²) < 4.78 is 0. The molecule has 2 aromatic rings. The number of nitrogens with zero attached hydrogens (tertiary/aromatic N) is 1. The maximum atomic E-state index is 12.3. The monoisotopic (exact) mass is 362 g/mol. The molecule has 0 aliphatic carbocycles. The van der Waals surface area contributed by atoms with Crippen LogP contribution in [0.25, 0.3) is 0 Å². The number of carbonyl (C=O) groups excluding carboxylic acids is 2. The van der Waals surface area contributed by atoms with Gasteiger partial charge < -0.3 is 0 Å². The molecule has 3 atom stereocenters. The molecular weight excluding hydrogens is 351 g/mol. The SMILES string of the molecule is O=C1NC(=O)C2C1ON(c1ccccc1)C2c1ccc(Cl)cc1Cl. The number of benzene rings is 2. The highest BCUT2D eigenvalue weighted by atomic mass is 35.5. The Morgan fingerprint density at radius 2 is 1.75 bits per heavy atom. The molecule has 4 rings (SSSR count). The first kappa shape index (κ1) is 15.4. The predicted molar refractivity (Wildman–Crippen MR) is 89.6 cm³/mol. The molecule has 0 spiro atoms. The van der Waals surface area contributed by atoms with Gasteiger partial charge in [-0.25, -0.2) is 5.06 Å². The lowest BCUT2D eigenvalue weighted by Gasteiger charge is -2.27. The molecule has 7 heteroatoms. The predicted octanol–water partition coefficient (Wildman–Crippen LogP) is 3.13. The quantitative estimate of drug-likeness (QED) is 0.833. The second kappa shape index (κ2) is 5.77. The molecule has 2 amide bonds. The van der Waals surface area contributed by atoms with Crippen LogP contribution in [-0.4, -0.2) is 17.9 Å². The summed E-state index contributed by atoms with van der Waals surface area (Å²) in [7, 11) is 0. The Hall–Kier alpha value is -2.08. The van der Waals surface area contributed by atoms with Crippen molar-refractivity contribution in [2.24, 2.45) is 5.92 Å². The molecule has 1 N–H and O–H groups in total. The number of nitrogens with one attached hydrogen (secondary N) is 1. The highest BCUT2D eigenvalue weighted by Gasteiger charge is 2.56. The second-order valence-electron chi connectivity index (χ2n) is 5.68. The zero-order valence-corrected chi connectivity index (χ0v) is 13.8. The minimum absolute atomic E-state index is 0.362. The zero-order chi connectivity index (χ0) is 16.8. The van der Waals surface area contributed by atoms with Crippen LogP contribution in [0.15, 0.2) is 48.5 Å². The van der Waals surface area contributed by atoms with Crippen LogP contribution >= 0.6 is 23.2 Å². The molecule has 2 saturated heterocycles. The van der Waals surface area contributed by atoms with Gasteiger partial charge in [-0.1, -0.05) is 47.5 Å². The molecule has 0 aromatic heterocycles. The summed E-state index contributed by atoms with van der Waals surface area (Å²) in [6.45, 7) is 0. The van der Waals surface area contributed by atoms with Crippen LogP contribution in [0, 0.1) is 5.92 Å². The largest absolute Gasteiger partial charge is 0.294 e. The molecule has 3 unspecified atom stereocenters. The van der Waals surface area contributed by atoms with Crippen LogP contribution in [0.1, 0.15) is 11.6 Å². The summed E-state index contributed by atoms with van der Waals surface area (Å²) in [4.78, 5) is 30.1. The van der Waals surface area contributed by atoms with Gasteiger partial charge in [0.25, 0.3) is 5.91 Å². The van der Waals surface area contributed by atoms with Gasteiger partial charge in [0.15, 0.2) is 6.10 Å². The average Bonchev–Trinajstić information content (AvgIpc) is 3.07. The molecule has 2 aliphatic heterocycles. The van der Waals surface area contributed by atoms with E-state index in [4.69, 9.17) is 28.0 Å². The van der Waals surface area contributed by atoms with Crippen molar-refractivity contribution in [2.75, 3.05) is 5.06 Å². The van der Waals surface area contributed by atoms with E-state index >= 15 is 0 Å². The highest BCUT2D eigenvalue weighted by molar-refractivity contribution is 6.35. The lowest BCUT2D eigenvalue weighted by molar-refractivity contribution is -0.129. The van der Waals surface area contributed by atoms with Crippen molar-refractivity contribution < 1.29 is 14.4 Å². The number of carbonyl (C=O) groups is 2. The lowest BCUT2D eigenvalue weighted by Crippen LogP contribution is -2.33. The number of amides is 2. The fourth-order valence-corrected chi connectivity index (χ4v) is 3.71. The lowest BCUT2D eigenvalue weighted by atomic mass is 9.90. The van der Waals surface area contributed by atoms with Gasteiger partial charge in [0, 0.05) is 10.0 Å². The van der Waals surface area contributed by atoms with Crippen LogP contribution < -0.4 is 10.4 Å². The molecule has 2 fully saturated rings. The van der Waals surface area contributed by atoms with Crippen molar-refractivity contribution in [2.45, 2.75) is 12.1 Å². The number of halogens is 2. The topological polar surface area (TPSA) is 58.6 Å². The van der Waals surface area contributed by atoms with Gasteiger partial charge in [0.2, 0.25) is 5.91 Å². The maximum Gasteiger partial charge on any atom is 0.259 e. The summed E-state index contributed by atoms with van der Waals surface area (Å²) in [5, 5.41) is 4.83. The van der Waals surface area contributed by atoms with E-state index in [-0.39, 0.29) is 5.91 Å². The number of imide groups is 1. The Labute approximate surface area is 148 Å². The fourth-order valence-electron chi connectivity index (χ4n) is 3.19. The third-order valence-electron chi connectivity index (χ3n) is 4.25. The molecule has 2 aliphatic rings. The fraction of sp³-hybridized carbons (Fsp3) is 0.176. The van der Waals surface area contributed by atoms with Gasteiger partial charge >= 0.3 is 0 Å². The van der Waals surface area contributed by atoms with E-state index in [9.17, 15) is 9.59 Å². The number of anilines is 1. The summed E-state index contributed by atoms with van der Waals surface area (Å²) >= 11 is 12.3. The number of hydroxylamine groups is 1. The molecule has 0 bridgehead atoms. The Morgan fingerprint density at radius 1 is 1.00 bits per heavy atom. The van der Waals surface area contributed by atoms with Crippen molar-refractivity contribution >= 4 is 40.7 Å². The number of hydrogen-bond donors (Lipinski definition) is 1. The number of rotatable bonds is 2. The van der Waals surface area contributed by atoms with Gasteiger partial charge in [-0.05, 0) is 29.8 Å². The molecule has 2 aromatic carbocycles. The van der Waals surface area contributed by atoms with Crippen LogP contribution in [0.2, 0.25) is 10.0 Å². The minimum atomic E-state index is -0.866. The van der Waals surface area contributed by atoms with Gasteiger partial charge in [-0.2, -0.15) is 0 Å². The van der Waals surface area contributed by atoms with E-state index in [1.807, 2.05) is 30.3 Å². The molecular formula is C17H12Cl2N2O3. The Bertz CT molecular complexity index is 828. The molecule has 24 heavy (non-hydrogen) atoms. The highest BCUT2D eigenvalue weighted by Crippen LogP contribution is 2.46. The van der Waals surface area contributed by atoms with Crippen LogP contribution in [0.4, 0.5) is 5.69 Å².